The molecule has 1 heterocycles. The lowest BCUT2D eigenvalue weighted by atomic mass is 9.97. The molecular formula is C18H17NO7. The number of benzene rings is 1. The fraction of sp³-hybridized carbons (Fsp3) is 0.389. The van der Waals surface area contributed by atoms with Crippen LogP contribution in [0.15, 0.2) is 18.2 Å². The zero-order valence-electron chi connectivity index (χ0n) is 14.0. The minimum Gasteiger partial charge on any atom is -0.493 e. The van der Waals surface area contributed by atoms with Gasteiger partial charge in [0.15, 0.2) is 11.5 Å². The number of fused-ring (bicyclic) bond motifs is 1. The molecule has 1 aliphatic carbocycles. The number of methoxy groups -OCH3 is 1. The van der Waals surface area contributed by atoms with E-state index in [2.05, 4.69) is 5.92 Å². The summed E-state index contributed by atoms with van der Waals surface area (Å²) in [6.07, 6.45) is 5.20. The van der Waals surface area contributed by atoms with Gasteiger partial charge in [0, 0.05) is 18.7 Å². The zero-order valence-corrected chi connectivity index (χ0v) is 14.0. The van der Waals surface area contributed by atoms with Crippen LogP contribution in [0.2, 0.25) is 0 Å². The Morgan fingerprint density at radius 3 is 2.31 bits per heavy atom. The monoisotopic (exact) mass is 359 g/mol. The average Bonchev–Trinajstić information content (AvgIpc) is 3.17. The number of carbonyl (C=O) groups is 3. The summed E-state index contributed by atoms with van der Waals surface area (Å²) < 4.78 is 10.5. The molecule has 0 aromatic heterocycles. The fourth-order valence-corrected chi connectivity index (χ4v) is 3.66. The number of likely N-dealkylation sites (tertiary alicyclic amines) is 1. The van der Waals surface area contributed by atoms with Crippen LogP contribution in [0, 0.1) is 23.2 Å². The maximum Gasteiger partial charge on any atom is 0.312 e. The van der Waals surface area contributed by atoms with Crippen molar-refractivity contribution in [3.05, 3.63) is 23.8 Å². The van der Waals surface area contributed by atoms with Crippen molar-refractivity contribution in [2.24, 2.45) is 10.8 Å². The van der Waals surface area contributed by atoms with Gasteiger partial charge in [0.05, 0.1) is 7.11 Å². The molecule has 8 nitrogen and oxygen atoms in total. The molecule has 1 aliphatic heterocycles. The Morgan fingerprint density at radius 2 is 1.81 bits per heavy atom. The molecule has 8 heteroatoms. The van der Waals surface area contributed by atoms with Crippen LogP contribution in [0.3, 0.4) is 0 Å². The Bertz CT molecular complexity index is 814. The number of carboxylic acid groups (broad SMARTS) is 2. The first-order chi connectivity index (χ1) is 12.3. The quantitative estimate of drug-likeness (QED) is 0.719. The van der Waals surface area contributed by atoms with Crippen LogP contribution >= 0.6 is 0 Å². The normalized spacial score (nSPS) is 25.8. The first-order valence-electron chi connectivity index (χ1n) is 7.82. The summed E-state index contributed by atoms with van der Waals surface area (Å²) in [7, 11) is 1.45. The van der Waals surface area contributed by atoms with Crippen LogP contribution in [0.25, 0.3) is 0 Å². The summed E-state index contributed by atoms with van der Waals surface area (Å²) in [6, 6.07) is 4.49. The van der Waals surface area contributed by atoms with E-state index in [0.29, 0.717) is 5.75 Å². The highest BCUT2D eigenvalue weighted by molar-refractivity contribution is 6.00. The Hall–Kier alpha value is -3.21. The van der Waals surface area contributed by atoms with E-state index in [-0.39, 0.29) is 37.4 Å². The summed E-state index contributed by atoms with van der Waals surface area (Å²) in [4.78, 5) is 37.2. The molecule has 0 unspecified atom stereocenters. The molecule has 1 saturated carbocycles. The van der Waals surface area contributed by atoms with E-state index < -0.39 is 28.7 Å². The van der Waals surface area contributed by atoms with Crippen LogP contribution in [-0.2, 0) is 9.59 Å². The molecule has 1 aromatic carbocycles. The first-order valence-corrected chi connectivity index (χ1v) is 7.82. The van der Waals surface area contributed by atoms with Crippen molar-refractivity contribution in [1.29, 1.82) is 0 Å². The molecule has 1 aromatic rings. The average molecular weight is 359 g/mol. The van der Waals surface area contributed by atoms with Crippen LogP contribution in [-0.4, -0.2) is 59.8 Å². The lowest BCUT2D eigenvalue weighted by Crippen LogP contribution is -2.34. The van der Waals surface area contributed by atoms with Crippen molar-refractivity contribution in [2.75, 3.05) is 26.8 Å². The largest absolute Gasteiger partial charge is 0.493 e. The maximum absolute atomic E-state index is 12.8. The third kappa shape index (κ3) is 2.36. The van der Waals surface area contributed by atoms with Crippen molar-refractivity contribution < 1.29 is 34.1 Å². The highest BCUT2D eigenvalue weighted by atomic mass is 16.5. The van der Waals surface area contributed by atoms with Gasteiger partial charge in [0.2, 0.25) is 0 Å². The Labute approximate surface area is 149 Å². The van der Waals surface area contributed by atoms with Gasteiger partial charge in [-0.3, -0.25) is 14.4 Å². The number of carbonyl (C=O) groups excluding carboxylic acids is 1. The second kappa shape index (κ2) is 5.95. The summed E-state index contributed by atoms with van der Waals surface area (Å²) >= 11 is 0. The number of amides is 1. The van der Waals surface area contributed by atoms with Gasteiger partial charge in [0.25, 0.3) is 5.91 Å². The molecule has 2 N–H and O–H groups in total. The van der Waals surface area contributed by atoms with Gasteiger partial charge in [-0.15, -0.1) is 6.42 Å². The van der Waals surface area contributed by atoms with Gasteiger partial charge in [-0.05, 0) is 24.6 Å². The summed E-state index contributed by atoms with van der Waals surface area (Å²) in [5.41, 5.74) is -2.59. The molecule has 0 spiro atoms. The van der Waals surface area contributed by atoms with Crippen LogP contribution < -0.4 is 9.47 Å². The number of hydrogen-bond donors (Lipinski definition) is 2. The van der Waals surface area contributed by atoms with Crippen LogP contribution in [0.1, 0.15) is 16.8 Å². The van der Waals surface area contributed by atoms with Crippen LogP contribution in [0.5, 0.6) is 11.5 Å². The molecule has 2 fully saturated rings. The van der Waals surface area contributed by atoms with E-state index in [1.165, 1.54) is 30.2 Å². The van der Waals surface area contributed by atoms with Gasteiger partial charge < -0.3 is 24.6 Å². The molecule has 2 aliphatic rings. The molecule has 0 bridgehead atoms. The molecule has 1 saturated heterocycles. The van der Waals surface area contributed by atoms with E-state index in [9.17, 15) is 24.6 Å². The van der Waals surface area contributed by atoms with E-state index in [1.54, 1.807) is 0 Å². The Morgan fingerprint density at radius 1 is 1.19 bits per heavy atom. The third-order valence-corrected chi connectivity index (χ3v) is 5.14. The number of hydrogen-bond acceptors (Lipinski definition) is 5. The summed E-state index contributed by atoms with van der Waals surface area (Å²) in [5, 5.41) is 18.9. The molecule has 3 rings (SSSR count). The van der Waals surface area contributed by atoms with Crippen LogP contribution in [0.4, 0.5) is 0 Å². The standard InChI is InChI=1S/C18H17NO7/c1-3-6-26-13-7-11(4-5-12(13)25-2)14(20)19-9-17(15(21)22)8-18(17,10-19)16(23)24/h1,4-5,7H,6,8-10H2,2H3,(H,21,22)(H,23,24)/t17-,18+. The summed E-state index contributed by atoms with van der Waals surface area (Å²) in [5.74, 6) is 0.137. The molecule has 136 valence electrons. The van der Waals surface area contributed by atoms with Gasteiger partial charge >= 0.3 is 11.9 Å². The zero-order chi connectivity index (χ0) is 19.1. The molecule has 0 radical (unpaired) electrons. The van der Waals surface area contributed by atoms with Gasteiger partial charge in [0.1, 0.15) is 17.4 Å². The number of ether oxygens (including phenoxy) is 2. The third-order valence-electron chi connectivity index (χ3n) is 5.14. The van der Waals surface area contributed by atoms with Crippen molar-refractivity contribution in [3.63, 3.8) is 0 Å². The minimum absolute atomic E-state index is 0.0119. The Kier molecular flexibility index (Phi) is 4.03. The molecule has 1 amide bonds. The topological polar surface area (TPSA) is 113 Å². The first kappa shape index (κ1) is 17.6. The van der Waals surface area contributed by atoms with Gasteiger partial charge in [-0.25, -0.2) is 0 Å². The second-order valence-electron chi connectivity index (χ2n) is 6.47. The Balaban J connectivity index is 1.86. The number of carboxylic acids is 2. The van der Waals surface area contributed by atoms with E-state index in [4.69, 9.17) is 15.9 Å². The number of rotatable bonds is 6. The number of terminal acetylenes is 1. The predicted molar refractivity (Wildman–Crippen MR) is 88.0 cm³/mol. The predicted octanol–water partition coefficient (Wildman–Crippen LogP) is 0.709. The lowest BCUT2D eigenvalue weighted by Gasteiger charge is -2.20. The highest BCUT2D eigenvalue weighted by Gasteiger charge is 2.81. The van der Waals surface area contributed by atoms with Crippen molar-refractivity contribution >= 4 is 17.8 Å². The molecule has 26 heavy (non-hydrogen) atoms. The van der Waals surface area contributed by atoms with E-state index in [0.717, 1.165) is 0 Å². The number of aliphatic carboxylic acids is 2. The number of piperidine rings is 1. The highest BCUT2D eigenvalue weighted by Crippen LogP contribution is 2.68. The smallest absolute Gasteiger partial charge is 0.312 e. The number of nitrogens with zero attached hydrogens (tertiary/aromatic N) is 1. The SMILES string of the molecule is C#CCOc1cc(C(=O)N2C[C@@]3(C(=O)O)C[C@@]3(C(=O)O)C2)ccc1OC. The molecular weight excluding hydrogens is 342 g/mol. The second-order valence-corrected chi connectivity index (χ2v) is 6.47. The fourth-order valence-electron chi connectivity index (χ4n) is 3.66. The van der Waals surface area contributed by atoms with Gasteiger partial charge in [-0.1, -0.05) is 5.92 Å². The van der Waals surface area contributed by atoms with E-state index >= 15 is 0 Å². The van der Waals surface area contributed by atoms with Crippen molar-refractivity contribution in [2.45, 2.75) is 6.42 Å². The minimum atomic E-state index is -1.41. The lowest BCUT2D eigenvalue weighted by molar-refractivity contribution is -0.151. The summed E-state index contributed by atoms with van der Waals surface area (Å²) in [6.45, 7) is -0.290. The van der Waals surface area contributed by atoms with Gasteiger partial charge in [-0.2, -0.15) is 0 Å². The van der Waals surface area contributed by atoms with Crippen molar-refractivity contribution in [3.8, 4) is 23.8 Å². The van der Waals surface area contributed by atoms with E-state index in [1.807, 2.05) is 0 Å². The maximum atomic E-state index is 12.8. The van der Waals surface area contributed by atoms with Crippen molar-refractivity contribution in [1.82, 2.24) is 4.90 Å². The molecule has 2 atom stereocenters.